The van der Waals surface area contributed by atoms with E-state index in [2.05, 4.69) is 62.9 Å². The van der Waals surface area contributed by atoms with E-state index in [9.17, 15) is 0 Å². The summed E-state index contributed by atoms with van der Waals surface area (Å²) in [6.45, 7) is 2.99. The number of aliphatic imine (C=N–C) groups is 1. The van der Waals surface area contributed by atoms with E-state index in [1.807, 2.05) is 25.0 Å². The molecule has 1 aliphatic rings. The number of rotatable bonds is 5. The molecule has 2 aromatic rings. The fourth-order valence-electron chi connectivity index (χ4n) is 3.36. The second-order valence-corrected chi connectivity index (χ2v) is 6.80. The molecule has 1 aromatic carbocycles. The summed E-state index contributed by atoms with van der Waals surface area (Å²) in [5, 5.41) is 7.73. The van der Waals surface area contributed by atoms with Crippen molar-refractivity contribution >= 4 is 12.0 Å². The Balaban J connectivity index is 1.42. The van der Waals surface area contributed by atoms with Crippen molar-refractivity contribution in [1.82, 2.24) is 20.0 Å². The summed E-state index contributed by atoms with van der Waals surface area (Å²) in [6, 6.07) is 10.6. The maximum absolute atomic E-state index is 4.46. The Kier molecular flexibility index (Phi) is 6.47. The first kappa shape index (κ1) is 18.2. The van der Waals surface area contributed by atoms with E-state index in [0.29, 0.717) is 0 Å². The molecule has 0 spiro atoms. The minimum absolute atomic E-state index is 0.935. The summed E-state index contributed by atoms with van der Waals surface area (Å²) in [4.78, 5) is 6.83. The number of nitrogens with one attached hydrogen (secondary N) is 1. The predicted octanol–water partition coefficient (Wildman–Crippen LogP) is 3.11. The molecule has 0 unspecified atom stereocenters. The topological polar surface area (TPSA) is 45.5 Å². The molecule has 5 nitrogen and oxygen atoms in total. The maximum atomic E-state index is 4.46. The Labute approximate surface area is 156 Å². The molecule has 1 saturated heterocycles. The van der Waals surface area contributed by atoms with Gasteiger partial charge >= 0.3 is 0 Å². The maximum Gasteiger partial charge on any atom is 0.193 e. The van der Waals surface area contributed by atoms with Crippen LogP contribution in [0.4, 0.5) is 0 Å². The molecule has 0 amide bonds. The highest BCUT2D eigenvalue weighted by Crippen LogP contribution is 2.19. The number of aryl methyl sites for hydroxylation is 2. The molecule has 26 heavy (non-hydrogen) atoms. The lowest BCUT2D eigenvalue weighted by Crippen LogP contribution is -2.44. The number of piperidine rings is 1. The number of hydrogen-bond donors (Lipinski definition) is 1. The van der Waals surface area contributed by atoms with Gasteiger partial charge in [-0.15, -0.1) is 0 Å². The molecule has 0 saturated carbocycles. The van der Waals surface area contributed by atoms with Gasteiger partial charge in [0.2, 0.25) is 0 Å². The van der Waals surface area contributed by atoms with E-state index in [4.69, 9.17) is 0 Å². The van der Waals surface area contributed by atoms with E-state index < -0.39 is 0 Å². The van der Waals surface area contributed by atoms with Crippen LogP contribution >= 0.6 is 0 Å². The molecular weight excluding hydrogens is 322 g/mol. The minimum Gasteiger partial charge on any atom is -0.356 e. The average Bonchev–Trinajstić information content (AvgIpc) is 3.09. The number of guanidine groups is 1. The van der Waals surface area contributed by atoms with E-state index in [1.165, 1.54) is 16.7 Å². The number of nitrogens with zero attached hydrogens (tertiary/aromatic N) is 4. The minimum atomic E-state index is 0.935. The van der Waals surface area contributed by atoms with E-state index in [1.54, 1.807) is 0 Å². The van der Waals surface area contributed by atoms with Crippen LogP contribution in [0.3, 0.4) is 0 Å². The third-order valence-corrected chi connectivity index (χ3v) is 4.77. The predicted molar refractivity (Wildman–Crippen MR) is 108 cm³/mol. The van der Waals surface area contributed by atoms with Crippen LogP contribution in [0.5, 0.6) is 0 Å². The molecule has 3 rings (SSSR count). The zero-order chi connectivity index (χ0) is 18.2. The van der Waals surface area contributed by atoms with Gasteiger partial charge in [0.15, 0.2) is 5.96 Å². The van der Waals surface area contributed by atoms with Gasteiger partial charge in [-0.1, -0.05) is 42.0 Å². The van der Waals surface area contributed by atoms with E-state index in [-0.39, 0.29) is 0 Å². The first-order valence-corrected chi connectivity index (χ1v) is 9.42. The van der Waals surface area contributed by atoms with Crippen molar-refractivity contribution in [2.75, 3.05) is 26.7 Å². The number of aromatic nitrogens is 2. The quantitative estimate of drug-likeness (QED) is 0.511. The van der Waals surface area contributed by atoms with Gasteiger partial charge in [-0.25, -0.2) is 0 Å². The van der Waals surface area contributed by atoms with Crippen LogP contribution in [0.2, 0.25) is 0 Å². The summed E-state index contributed by atoms with van der Waals surface area (Å²) in [5.74, 6) is 1.02. The van der Waals surface area contributed by atoms with Crippen molar-refractivity contribution in [2.45, 2.75) is 25.7 Å². The summed E-state index contributed by atoms with van der Waals surface area (Å²) in [7, 11) is 3.83. The zero-order valence-electron chi connectivity index (χ0n) is 15.9. The van der Waals surface area contributed by atoms with Crippen LogP contribution in [0, 0.1) is 0 Å². The van der Waals surface area contributed by atoms with Gasteiger partial charge in [0.05, 0.1) is 6.20 Å². The van der Waals surface area contributed by atoms with Crippen molar-refractivity contribution in [3.8, 4) is 0 Å². The van der Waals surface area contributed by atoms with Crippen molar-refractivity contribution in [2.24, 2.45) is 12.0 Å². The van der Waals surface area contributed by atoms with Crippen molar-refractivity contribution < 1.29 is 0 Å². The monoisotopic (exact) mass is 351 g/mol. The Hall–Kier alpha value is -2.56. The van der Waals surface area contributed by atoms with Crippen LogP contribution in [-0.4, -0.2) is 47.3 Å². The van der Waals surface area contributed by atoms with Gasteiger partial charge in [0.1, 0.15) is 0 Å². The molecule has 1 aromatic heterocycles. The summed E-state index contributed by atoms with van der Waals surface area (Å²) < 4.78 is 1.86. The summed E-state index contributed by atoms with van der Waals surface area (Å²) in [5.41, 5.74) is 4.12. The molecule has 1 aliphatic heterocycles. The summed E-state index contributed by atoms with van der Waals surface area (Å²) in [6.07, 6.45) is 10.7. The lowest BCUT2D eigenvalue weighted by Gasteiger charge is -2.31. The van der Waals surface area contributed by atoms with Gasteiger partial charge < -0.3 is 10.2 Å². The lowest BCUT2D eigenvalue weighted by atomic mass is 10.0. The Morgan fingerprint density at radius 1 is 1.23 bits per heavy atom. The molecule has 1 fully saturated rings. The highest BCUT2D eigenvalue weighted by Gasteiger charge is 2.16. The number of benzene rings is 1. The normalized spacial score (nSPS) is 15.2. The molecular formula is C21H29N5. The van der Waals surface area contributed by atoms with Crippen molar-refractivity contribution in [1.29, 1.82) is 0 Å². The third kappa shape index (κ3) is 5.22. The van der Waals surface area contributed by atoms with Crippen LogP contribution in [0.1, 0.15) is 30.4 Å². The standard InChI is InChI=1S/C21H29N5/c1-22-21(23-12-6-9-20-16-24-25(2)17-20)26-13-10-19(11-14-26)15-18-7-4-3-5-8-18/h3-5,7-8,15-17H,6,9-14H2,1-2H3,(H,22,23). The van der Waals surface area contributed by atoms with E-state index in [0.717, 1.165) is 51.3 Å². The third-order valence-electron chi connectivity index (χ3n) is 4.77. The van der Waals surface area contributed by atoms with Crippen LogP contribution in [0.25, 0.3) is 6.08 Å². The molecule has 0 bridgehead atoms. The second-order valence-electron chi connectivity index (χ2n) is 6.80. The molecule has 1 N–H and O–H groups in total. The molecule has 2 heterocycles. The second kappa shape index (κ2) is 9.22. The van der Waals surface area contributed by atoms with Gasteiger partial charge in [-0.3, -0.25) is 9.67 Å². The average molecular weight is 351 g/mol. The highest BCUT2D eigenvalue weighted by molar-refractivity contribution is 5.80. The number of hydrogen-bond acceptors (Lipinski definition) is 2. The lowest BCUT2D eigenvalue weighted by molar-refractivity contribution is 0.375. The molecule has 138 valence electrons. The molecule has 0 atom stereocenters. The smallest absolute Gasteiger partial charge is 0.193 e. The van der Waals surface area contributed by atoms with Crippen LogP contribution in [0.15, 0.2) is 53.3 Å². The largest absolute Gasteiger partial charge is 0.356 e. The van der Waals surface area contributed by atoms with Crippen LogP contribution in [-0.2, 0) is 13.5 Å². The van der Waals surface area contributed by atoms with E-state index >= 15 is 0 Å². The van der Waals surface area contributed by atoms with Crippen molar-refractivity contribution in [3.05, 3.63) is 59.4 Å². The fraction of sp³-hybridized carbons (Fsp3) is 0.429. The Bertz CT molecular complexity index is 735. The molecule has 5 heteroatoms. The van der Waals surface area contributed by atoms with Crippen molar-refractivity contribution in [3.63, 3.8) is 0 Å². The summed E-state index contributed by atoms with van der Waals surface area (Å²) >= 11 is 0. The Morgan fingerprint density at radius 2 is 2.00 bits per heavy atom. The molecule has 0 radical (unpaired) electrons. The Morgan fingerprint density at radius 3 is 2.65 bits per heavy atom. The van der Waals surface area contributed by atoms with Crippen LogP contribution < -0.4 is 5.32 Å². The SMILES string of the molecule is CN=C(NCCCc1cnn(C)c1)N1CCC(=Cc2ccccc2)CC1. The first-order valence-electron chi connectivity index (χ1n) is 9.42. The van der Waals surface area contributed by atoms with Gasteiger partial charge in [0.25, 0.3) is 0 Å². The highest BCUT2D eigenvalue weighted by atomic mass is 15.3. The van der Waals surface area contributed by atoms with Gasteiger partial charge in [0, 0.05) is 39.9 Å². The molecule has 0 aliphatic carbocycles. The zero-order valence-corrected chi connectivity index (χ0v) is 15.9. The fourth-order valence-corrected chi connectivity index (χ4v) is 3.36. The van der Waals surface area contributed by atoms with Gasteiger partial charge in [-0.05, 0) is 36.8 Å². The van der Waals surface area contributed by atoms with Gasteiger partial charge in [-0.2, -0.15) is 5.10 Å². The first-order chi connectivity index (χ1) is 12.7. The number of likely N-dealkylation sites (tertiary alicyclic amines) is 1.